The molecule has 0 saturated carbocycles. The van der Waals surface area contributed by atoms with Crippen LogP contribution < -0.4 is 5.32 Å². The minimum Gasteiger partial charge on any atom is -0.388 e. The second-order valence-corrected chi connectivity index (χ2v) is 5.81. The number of hydrogen-bond donors (Lipinski definition) is 2. The van der Waals surface area contributed by atoms with Crippen molar-refractivity contribution < 1.29 is 9.50 Å². The Labute approximate surface area is 106 Å². The van der Waals surface area contributed by atoms with Gasteiger partial charge in [0.1, 0.15) is 5.82 Å². The van der Waals surface area contributed by atoms with Gasteiger partial charge >= 0.3 is 0 Å². The Kier molecular flexibility index (Phi) is 4.07. The van der Waals surface area contributed by atoms with Gasteiger partial charge in [-0.1, -0.05) is 6.07 Å². The normalized spacial score (nSPS) is 24.2. The highest BCUT2D eigenvalue weighted by Crippen LogP contribution is 2.27. The third-order valence-corrected chi connectivity index (χ3v) is 4.39. The predicted octanol–water partition coefficient (Wildman–Crippen LogP) is 2.09. The van der Waals surface area contributed by atoms with Gasteiger partial charge < -0.3 is 10.4 Å². The summed E-state index contributed by atoms with van der Waals surface area (Å²) in [5.41, 5.74) is 1.48. The van der Waals surface area contributed by atoms with E-state index in [4.69, 9.17) is 0 Å². The fraction of sp³-hybridized carbons (Fsp3) is 0.538. The van der Waals surface area contributed by atoms with Crippen LogP contribution in [0.3, 0.4) is 0 Å². The molecule has 94 valence electrons. The van der Waals surface area contributed by atoms with Gasteiger partial charge in [-0.25, -0.2) is 4.39 Å². The van der Waals surface area contributed by atoms with Crippen molar-refractivity contribution in [1.29, 1.82) is 0 Å². The molecule has 1 heterocycles. The van der Waals surface area contributed by atoms with E-state index in [1.165, 1.54) is 12.1 Å². The number of aryl methyl sites for hydroxylation is 1. The Hall–Kier alpha value is -0.580. The van der Waals surface area contributed by atoms with Gasteiger partial charge in [-0.2, -0.15) is 11.8 Å². The lowest BCUT2D eigenvalue weighted by atomic mass is 10.0. The van der Waals surface area contributed by atoms with E-state index < -0.39 is 5.60 Å². The molecule has 4 heteroatoms. The molecule has 1 unspecified atom stereocenters. The molecule has 1 aromatic carbocycles. The summed E-state index contributed by atoms with van der Waals surface area (Å²) >= 11 is 1.79. The molecule has 2 nitrogen and oxygen atoms in total. The third kappa shape index (κ3) is 3.44. The summed E-state index contributed by atoms with van der Waals surface area (Å²) in [4.78, 5) is 0. The van der Waals surface area contributed by atoms with Crippen molar-refractivity contribution in [2.75, 3.05) is 18.1 Å². The van der Waals surface area contributed by atoms with Gasteiger partial charge in [0.2, 0.25) is 0 Å². The minimum atomic E-state index is -0.557. The maximum Gasteiger partial charge on any atom is 0.123 e. The van der Waals surface area contributed by atoms with Crippen LogP contribution in [-0.4, -0.2) is 28.8 Å². The Morgan fingerprint density at radius 2 is 2.35 bits per heavy atom. The van der Waals surface area contributed by atoms with Crippen LogP contribution in [0.25, 0.3) is 0 Å². The number of nitrogens with one attached hydrogen (secondary N) is 1. The smallest absolute Gasteiger partial charge is 0.123 e. The van der Waals surface area contributed by atoms with Crippen LogP contribution in [0, 0.1) is 12.7 Å². The van der Waals surface area contributed by atoms with E-state index in [0.717, 1.165) is 29.1 Å². The van der Waals surface area contributed by atoms with Crippen molar-refractivity contribution in [2.45, 2.75) is 25.5 Å². The highest BCUT2D eigenvalue weighted by Gasteiger charge is 2.30. The first-order valence-electron chi connectivity index (χ1n) is 5.85. The molecule has 1 saturated heterocycles. The fourth-order valence-electron chi connectivity index (χ4n) is 2.02. The average molecular weight is 255 g/mol. The monoisotopic (exact) mass is 255 g/mol. The molecule has 0 aromatic heterocycles. The second kappa shape index (κ2) is 5.38. The molecule has 0 aliphatic carbocycles. The molecule has 2 rings (SSSR count). The lowest BCUT2D eigenvalue weighted by Crippen LogP contribution is -2.40. The first-order valence-corrected chi connectivity index (χ1v) is 7.00. The molecule has 1 atom stereocenters. The lowest BCUT2D eigenvalue weighted by molar-refractivity contribution is 0.0674. The topological polar surface area (TPSA) is 32.3 Å². The van der Waals surface area contributed by atoms with Crippen LogP contribution >= 0.6 is 11.8 Å². The van der Waals surface area contributed by atoms with E-state index in [0.29, 0.717) is 13.1 Å². The van der Waals surface area contributed by atoms with Gasteiger partial charge in [-0.3, -0.25) is 0 Å². The number of aliphatic hydroxyl groups is 1. The molecule has 2 N–H and O–H groups in total. The maximum atomic E-state index is 12.9. The quantitative estimate of drug-likeness (QED) is 0.864. The van der Waals surface area contributed by atoms with Crippen LogP contribution in [0.1, 0.15) is 17.5 Å². The van der Waals surface area contributed by atoms with E-state index in [9.17, 15) is 9.50 Å². The molecule has 0 radical (unpaired) electrons. The average Bonchev–Trinajstić information content (AvgIpc) is 2.69. The van der Waals surface area contributed by atoms with E-state index in [1.807, 2.05) is 6.92 Å². The number of hydrogen-bond acceptors (Lipinski definition) is 3. The molecular weight excluding hydrogens is 237 g/mol. The molecule has 0 bridgehead atoms. The summed E-state index contributed by atoms with van der Waals surface area (Å²) in [5.74, 6) is 1.65. The minimum absolute atomic E-state index is 0.197. The van der Waals surface area contributed by atoms with Gasteiger partial charge in [0.25, 0.3) is 0 Å². The zero-order chi connectivity index (χ0) is 12.3. The summed E-state index contributed by atoms with van der Waals surface area (Å²) in [6.45, 7) is 3.19. The van der Waals surface area contributed by atoms with Gasteiger partial charge in [-0.15, -0.1) is 0 Å². The Bertz CT molecular complexity index is 391. The maximum absolute atomic E-state index is 12.9. The molecule has 1 fully saturated rings. The Balaban J connectivity index is 1.85. The molecule has 1 aliphatic rings. The largest absolute Gasteiger partial charge is 0.388 e. The summed E-state index contributed by atoms with van der Waals surface area (Å²) < 4.78 is 12.9. The first kappa shape index (κ1) is 12.9. The van der Waals surface area contributed by atoms with Crippen molar-refractivity contribution >= 4 is 11.8 Å². The number of halogens is 1. The Morgan fingerprint density at radius 1 is 1.53 bits per heavy atom. The van der Waals surface area contributed by atoms with Crippen LogP contribution in [0.2, 0.25) is 0 Å². The van der Waals surface area contributed by atoms with E-state index in [1.54, 1.807) is 17.8 Å². The van der Waals surface area contributed by atoms with Crippen molar-refractivity contribution in [3.63, 3.8) is 0 Å². The van der Waals surface area contributed by atoms with Gasteiger partial charge in [-0.05, 0) is 42.4 Å². The fourth-order valence-corrected chi connectivity index (χ4v) is 3.32. The van der Waals surface area contributed by atoms with Crippen molar-refractivity contribution in [3.05, 3.63) is 35.1 Å². The number of thioether (sulfide) groups is 1. The molecule has 0 amide bonds. The van der Waals surface area contributed by atoms with Crippen molar-refractivity contribution in [2.24, 2.45) is 0 Å². The van der Waals surface area contributed by atoms with Gasteiger partial charge in [0.05, 0.1) is 5.60 Å². The third-order valence-electron chi connectivity index (χ3n) is 3.16. The highest BCUT2D eigenvalue weighted by atomic mass is 32.2. The van der Waals surface area contributed by atoms with Crippen molar-refractivity contribution in [1.82, 2.24) is 5.32 Å². The molecule has 0 spiro atoms. The van der Waals surface area contributed by atoms with Crippen molar-refractivity contribution in [3.8, 4) is 0 Å². The SMILES string of the molecule is Cc1cc(F)ccc1CNCC1(O)CCSC1. The summed E-state index contributed by atoms with van der Waals surface area (Å²) in [6, 6.07) is 4.81. The van der Waals surface area contributed by atoms with Gasteiger partial charge in [0, 0.05) is 18.8 Å². The summed E-state index contributed by atoms with van der Waals surface area (Å²) in [5, 5.41) is 13.4. The van der Waals surface area contributed by atoms with Crippen LogP contribution in [-0.2, 0) is 6.54 Å². The first-order chi connectivity index (χ1) is 8.09. The van der Waals surface area contributed by atoms with Crippen LogP contribution in [0.15, 0.2) is 18.2 Å². The van der Waals surface area contributed by atoms with Gasteiger partial charge in [0.15, 0.2) is 0 Å². The van der Waals surface area contributed by atoms with Crippen LogP contribution in [0.4, 0.5) is 4.39 Å². The zero-order valence-corrected chi connectivity index (χ0v) is 10.8. The Morgan fingerprint density at radius 3 is 3.00 bits per heavy atom. The summed E-state index contributed by atoms with van der Waals surface area (Å²) in [7, 11) is 0. The second-order valence-electron chi connectivity index (χ2n) is 4.70. The number of rotatable bonds is 4. The lowest BCUT2D eigenvalue weighted by Gasteiger charge is -2.21. The molecular formula is C13H18FNOS. The van der Waals surface area contributed by atoms with E-state index in [-0.39, 0.29) is 5.82 Å². The van der Waals surface area contributed by atoms with E-state index >= 15 is 0 Å². The molecule has 17 heavy (non-hydrogen) atoms. The number of benzene rings is 1. The summed E-state index contributed by atoms with van der Waals surface area (Å²) in [6.07, 6.45) is 0.854. The predicted molar refractivity (Wildman–Crippen MR) is 69.7 cm³/mol. The van der Waals surface area contributed by atoms with E-state index in [2.05, 4.69) is 5.32 Å². The highest BCUT2D eigenvalue weighted by molar-refractivity contribution is 7.99. The zero-order valence-electron chi connectivity index (χ0n) is 10.0. The molecule has 1 aromatic rings. The van der Waals surface area contributed by atoms with Crippen LogP contribution in [0.5, 0.6) is 0 Å². The molecule has 1 aliphatic heterocycles. The standard InChI is InChI=1S/C13H18FNOS/c1-10-6-12(14)3-2-11(10)7-15-8-13(16)4-5-17-9-13/h2-3,6,15-16H,4-5,7-9H2,1H3.